The molecule has 0 amide bonds. The molecule has 0 radical (unpaired) electrons. The van der Waals surface area contributed by atoms with Crippen LogP contribution in [0, 0.1) is 5.82 Å². The number of carboxylic acid groups (broad SMARTS) is 1. The number of carboxylic acids is 1. The highest BCUT2D eigenvalue weighted by Gasteiger charge is 2.14. The Kier molecular flexibility index (Phi) is 3.11. The second-order valence-electron chi connectivity index (χ2n) is 2.12. The van der Waals surface area contributed by atoms with Crippen LogP contribution in [-0.2, 0) is 0 Å². The Bertz CT molecular complexity index is 359. The number of hydrogen-bond donors (Lipinski definition) is 1. The summed E-state index contributed by atoms with van der Waals surface area (Å²) in [6.07, 6.45) is 1.63. The van der Waals surface area contributed by atoms with E-state index < -0.39 is 11.8 Å². The van der Waals surface area contributed by atoms with E-state index in [4.69, 9.17) is 16.7 Å². The summed E-state index contributed by atoms with van der Waals surface area (Å²) in [6.45, 7) is 0. The Morgan fingerprint density at radius 3 is 2.85 bits per heavy atom. The lowest BCUT2D eigenvalue weighted by atomic mass is 10.3. The van der Waals surface area contributed by atoms with Gasteiger partial charge in [-0.15, -0.1) is 11.8 Å². The van der Waals surface area contributed by atoms with Crippen molar-refractivity contribution in [3.63, 3.8) is 0 Å². The van der Waals surface area contributed by atoms with Gasteiger partial charge >= 0.3 is 5.97 Å². The Morgan fingerprint density at radius 1 is 1.77 bits per heavy atom. The van der Waals surface area contributed by atoms with Gasteiger partial charge in [0, 0.05) is 0 Å². The molecule has 0 saturated carbocycles. The fourth-order valence-corrected chi connectivity index (χ4v) is 1.45. The molecule has 0 aliphatic carbocycles. The summed E-state index contributed by atoms with van der Waals surface area (Å²) in [5.41, 5.74) is -0.322. The van der Waals surface area contributed by atoms with Crippen molar-refractivity contribution in [3.8, 4) is 0 Å². The maximum Gasteiger partial charge on any atom is 0.338 e. The molecular formula is C7H5ClFNO2S. The monoisotopic (exact) mass is 221 g/mol. The number of rotatable bonds is 2. The predicted octanol–water partition coefficient (Wildman–Crippen LogP) is 2.29. The van der Waals surface area contributed by atoms with Crippen LogP contribution in [0.1, 0.15) is 10.4 Å². The first-order valence-electron chi connectivity index (χ1n) is 3.19. The molecular weight excluding hydrogens is 217 g/mol. The molecule has 13 heavy (non-hydrogen) atoms. The smallest absolute Gasteiger partial charge is 0.338 e. The van der Waals surface area contributed by atoms with E-state index in [2.05, 4.69) is 4.98 Å². The summed E-state index contributed by atoms with van der Waals surface area (Å²) >= 11 is 6.57. The summed E-state index contributed by atoms with van der Waals surface area (Å²) in [4.78, 5) is 14.1. The fourth-order valence-electron chi connectivity index (χ4n) is 0.744. The zero-order valence-corrected chi connectivity index (χ0v) is 8.12. The van der Waals surface area contributed by atoms with Crippen molar-refractivity contribution >= 4 is 29.3 Å². The van der Waals surface area contributed by atoms with Gasteiger partial charge in [-0.05, 0) is 12.3 Å². The van der Waals surface area contributed by atoms with Gasteiger partial charge in [0.1, 0.15) is 10.2 Å². The van der Waals surface area contributed by atoms with Gasteiger partial charge < -0.3 is 5.11 Å². The van der Waals surface area contributed by atoms with E-state index in [9.17, 15) is 9.18 Å². The van der Waals surface area contributed by atoms with Crippen LogP contribution in [0.15, 0.2) is 11.1 Å². The normalized spacial score (nSPS) is 10.1. The molecule has 1 rings (SSSR count). The number of carbonyl (C=O) groups is 1. The minimum Gasteiger partial charge on any atom is -0.478 e. The summed E-state index contributed by atoms with van der Waals surface area (Å²) < 4.78 is 13.0. The molecule has 0 fully saturated rings. The maximum atomic E-state index is 13.0. The molecule has 0 aliphatic rings. The Balaban J connectivity index is 3.28. The SMILES string of the molecule is CSc1nc(Cl)c(C(=O)O)cc1F. The van der Waals surface area contributed by atoms with E-state index in [1.54, 1.807) is 6.26 Å². The molecule has 70 valence electrons. The van der Waals surface area contributed by atoms with Crippen LogP contribution in [0.5, 0.6) is 0 Å². The molecule has 0 aromatic carbocycles. The Labute approximate surface area is 82.9 Å². The number of hydrogen-bond acceptors (Lipinski definition) is 3. The topological polar surface area (TPSA) is 50.2 Å². The van der Waals surface area contributed by atoms with Crippen molar-refractivity contribution < 1.29 is 14.3 Å². The van der Waals surface area contributed by atoms with E-state index in [0.29, 0.717) is 0 Å². The molecule has 1 N–H and O–H groups in total. The third-order valence-corrected chi connectivity index (χ3v) is 2.28. The molecule has 0 unspecified atom stereocenters. The number of thioether (sulfide) groups is 1. The third-order valence-electron chi connectivity index (χ3n) is 1.32. The lowest BCUT2D eigenvalue weighted by Crippen LogP contribution is -2.01. The molecule has 0 aliphatic heterocycles. The second kappa shape index (κ2) is 3.93. The minimum atomic E-state index is -1.29. The van der Waals surface area contributed by atoms with Crippen molar-refractivity contribution in [2.45, 2.75) is 5.03 Å². The highest BCUT2D eigenvalue weighted by Crippen LogP contribution is 2.22. The predicted molar refractivity (Wildman–Crippen MR) is 47.9 cm³/mol. The van der Waals surface area contributed by atoms with Crippen molar-refractivity contribution in [1.82, 2.24) is 4.98 Å². The molecule has 0 bridgehead atoms. The summed E-state index contributed by atoms with van der Waals surface area (Å²) in [5.74, 6) is -1.96. The van der Waals surface area contributed by atoms with Crippen molar-refractivity contribution in [2.24, 2.45) is 0 Å². The average molecular weight is 222 g/mol. The molecule has 1 aromatic rings. The zero-order chi connectivity index (χ0) is 10.0. The van der Waals surface area contributed by atoms with Gasteiger partial charge in [-0.3, -0.25) is 0 Å². The molecule has 1 heterocycles. The van der Waals surface area contributed by atoms with Gasteiger partial charge in [0.05, 0.1) is 5.56 Å². The van der Waals surface area contributed by atoms with Crippen LogP contribution in [-0.4, -0.2) is 22.3 Å². The van der Waals surface area contributed by atoms with E-state index in [-0.39, 0.29) is 15.7 Å². The van der Waals surface area contributed by atoms with Gasteiger partial charge in [0.25, 0.3) is 0 Å². The van der Waals surface area contributed by atoms with Crippen molar-refractivity contribution in [1.29, 1.82) is 0 Å². The standard InChI is InChI=1S/C7H5ClFNO2S/c1-13-6-4(9)2-3(7(11)12)5(8)10-6/h2H,1H3,(H,11,12). The summed E-state index contributed by atoms with van der Waals surface area (Å²) in [7, 11) is 0. The molecule has 0 spiro atoms. The van der Waals surface area contributed by atoms with Crippen LogP contribution >= 0.6 is 23.4 Å². The summed E-state index contributed by atoms with van der Waals surface area (Å²) in [5, 5.41) is 8.45. The number of halogens is 2. The van der Waals surface area contributed by atoms with Crippen LogP contribution in [0.25, 0.3) is 0 Å². The van der Waals surface area contributed by atoms with Crippen molar-refractivity contribution in [3.05, 3.63) is 22.6 Å². The molecule has 1 aromatic heterocycles. The van der Waals surface area contributed by atoms with E-state index in [1.807, 2.05) is 0 Å². The van der Waals surface area contributed by atoms with Gasteiger partial charge in [0.15, 0.2) is 5.82 Å². The molecule has 0 atom stereocenters. The van der Waals surface area contributed by atoms with Crippen LogP contribution < -0.4 is 0 Å². The molecule has 3 nitrogen and oxygen atoms in total. The summed E-state index contributed by atoms with van der Waals surface area (Å²) in [6, 6.07) is 0.865. The first kappa shape index (κ1) is 10.3. The van der Waals surface area contributed by atoms with Crippen LogP contribution in [0.3, 0.4) is 0 Å². The number of nitrogens with zero attached hydrogens (tertiary/aromatic N) is 1. The van der Waals surface area contributed by atoms with Crippen LogP contribution in [0.4, 0.5) is 4.39 Å². The third kappa shape index (κ3) is 2.10. The number of aromatic carboxylic acids is 1. The number of aromatic nitrogens is 1. The average Bonchev–Trinajstić information content (AvgIpc) is 2.07. The van der Waals surface area contributed by atoms with E-state index in [1.165, 1.54) is 0 Å². The van der Waals surface area contributed by atoms with Gasteiger partial charge in [-0.2, -0.15) is 0 Å². The molecule has 0 saturated heterocycles. The van der Waals surface area contributed by atoms with Crippen molar-refractivity contribution in [2.75, 3.05) is 6.26 Å². The highest BCUT2D eigenvalue weighted by atomic mass is 35.5. The largest absolute Gasteiger partial charge is 0.478 e. The second-order valence-corrected chi connectivity index (χ2v) is 3.28. The lowest BCUT2D eigenvalue weighted by Gasteiger charge is -2.01. The zero-order valence-electron chi connectivity index (χ0n) is 6.54. The highest BCUT2D eigenvalue weighted by molar-refractivity contribution is 7.98. The first-order valence-corrected chi connectivity index (χ1v) is 4.80. The first-order chi connectivity index (χ1) is 6.06. The minimum absolute atomic E-state index is 0.0926. The maximum absolute atomic E-state index is 13.0. The lowest BCUT2D eigenvalue weighted by molar-refractivity contribution is 0.0696. The number of pyridine rings is 1. The van der Waals surface area contributed by atoms with Gasteiger partial charge in [-0.25, -0.2) is 14.2 Å². The van der Waals surface area contributed by atoms with Gasteiger partial charge in [-0.1, -0.05) is 11.6 Å². The molecule has 6 heteroatoms. The van der Waals surface area contributed by atoms with Crippen LogP contribution in [0.2, 0.25) is 5.15 Å². The fraction of sp³-hybridized carbons (Fsp3) is 0.143. The van der Waals surface area contributed by atoms with E-state index >= 15 is 0 Å². The van der Waals surface area contributed by atoms with Gasteiger partial charge in [0.2, 0.25) is 0 Å². The van der Waals surface area contributed by atoms with E-state index in [0.717, 1.165) is 17.8 Å². The Morgan fingerprint density at radius 2 is 2.38 bits per heavy atom. The quantitative estimate of drug-likeness (QED) is 0.615. The Hall–Kier alpha value is -0.810.